The number of aromatic amines is 1. The monoisotopic (exact) mass is 392 g/mol. The number of nitrogens with one attached hydrogen (secondary N) is 1. The molecule has 0 aliphatic carbocycles. The predicted molar refractivity (Wildman–Crippen MR) is 116 cm³/mol. The maximum atomic E-state index is 12.5. The lowest BCUT2D eigenvalue weighted by molar-refractivity contribution is 0.429. The SMILES string of the molecule is CCC(=Nc1cccc(N(C)C)c1)c1c(O)n(-c2ccc(C)cc2)c(=O)[nH]c1=O. The van der Waals surface area contributed by atoms with Crippen molar-refractivity contribution in [2.24, 2.45) is 4.99 Å². The van der Waals surface area contributed by atoms with Crippen LogP contribution < -0.4 is 16.1 Å². The molecule has 0 amide bonds. The first-order valence-electron chi connectivity index (χ1n) is 9.32. The molecule has 0 bridgehead atoms. The summed E-state index contributed by atoms with van der Waals surface area (Å²) in [6, 6.07) is 14.6. The van der Waals surface area contributed by atoms with Crippen LogP contribution >= 0.6 is 0 Å². The zero-order valence-corrected chi connectivity index (χ0v) is 16.9. The first-order valence-corrected chi connectivity index (χ1v) is 9.32. The molecule has 0 aliphatic heterocycles. The highest BCUT2D eigenvalue weighted by Crippen LogP contribution is 2.24. The van der Waals surface area contributed by atoms with E-state index in [4.69, 9.17) is 0 Å². The number of nitrogens with zero attached hydrogens (tertiary/aromatic N) is 3. The molecule has 2 N–H and O–H groups in total. The first-order chi connectivity index (χ1) is 13.8. The maximum absolute atomic E-state index is 12.5. The van der Waals surface area contributed by atoms with Crippen molar-refractivity contribution in [2.45, 2.75) is 20.3 Å². The molecule has 0 saturated carbocycles. The lowest BCUT2D eigenvalue weighted by Crippen LogP contribution is -2.33. The number of hydrogen-bond acceptors (Lipinski definition) is 5. The van der Waals surface area contributed by atoms with Crippen LogP contribution in [-0.2, 0) is 0 Å². The minimum atomic E-state index is -0.704. The molecule has 1 aromatic heterocycles. The van der Waals surface area contributed by atoms with Crippen LogP contribution in [0, 0.1) is 6.92 Å². The van der Waals surface area contributed by atoms with Crippen LogP contribution in [-0.4, -0.2) is 34.5 Å². The van der Waals surface area contributed by atoms with Crippen molar-refractivity contribution in [3.05, 3.63) is 80.5 Å². The van der Waals surface area contributed by atoms with Crippen molar-refractivity contribution in [3.8, 4) is 11.6 Å². The second-order valence-corrected chi connectivity index (χ2v) is 6.96. The van der Waals surface area contributed by atoms with E-state index in [1.165, 1.54) is 0 Å². The molecule has 0 aliphatic rings. The standard InChI is InChI=1S/C22H24N4O3/c1-5-18(23-15-7-6-8-17(13-15)25(3)4)19-20(27)24-22(29)26(21(19)28)16-11-9-14(2)10-12-16/h6-13,28H,5H2,1-4H3,(H,24,27,29). The van der Waals surface area contributed by atoms with Crippen molar-refractivity contribution in [1.82, 2.24) is 9.55 Å². The quantitative estimate of drug-likeness (QED) is 0.653. The summed E-state index contributed by atoms with van der Waals surface area (Å²) >= 11 is 0. The molecule has 2 aromatic carbocycles. The van der Waals surface area contributed by atoms with Crippen LogP contribution in [0.3, 0.4) is 0 Å². The zero-order valence-electron chi connectivity index (χ0n) is 16.9. The second-order valence-electron chi connectivity index (χ2n) is 6.96. The summed E-state index contributed by atoms with van der Waals surface area (Å²) in [6.07, 6.45) is 0.398. The molecule has 0 spiro atoms. The van der Waals surface area contributed by atoms with Crippen LogP contribution in [0.5, 0.6) is 5.88 Å². The molecule has 0 fully saturated rings. The van der Waals surface area contributed by atoms with Crippen LogP contribution in [0.25, 0.3) is 5.69 Å². The van der Waals surface area contributed by atoms with Gasteiger partial charge in [0.25, 0.3) is 5.56 Å². The van der Waals surface area contributed by atoms with Gasteiger partial charge in [-0.25, -0.2) is 9.36 Å². The Kier molecular flexibility index (Phi) is 5.68. The van der Waals surface area contributed by atoms with Crippen molar-refractivity contribution < 1.29 is 5.11 Å². The van der Waals surface area contributed by atoms with Gasteiger partial charge in [-0.15, -0.1) is 0 Å². The van der Waals surface area contributed by atoms with Crippen molar-refractivity contribution >= 4 is 17.1 Å². The first kappa shape index (κ1) is 20.1. The number of hydrogen-bond donors (Lipinski definition) is 2. The van der Waals surface area contributed by atoms with Gasteiger partial charge in [-0.1, -0.05) is 30.7 Å². The van der Waals surface area contributed by atoms with Gasteiger partial charge in [-0.05, 0) is 43.7 Å². The lowest BCUT2D eigenvalue weighted by Gasteiger charge is -2.14. The van der Waals surface area contributed by atoms with Crippen LogP contribution in [0.4, 0.5) is 11.4 Å². The van der Waals surface area contributed by atoms with Crippen LogP contribution in [0.15, 0.2) is 63.1 Å². The molecule has 3 rings (SSSR count). The van der Waals surface area contributed by atoms with Gasteiger partial charge in [0.15, 0.2) is 0 Å². The Bertz CT molecular complexity index is 1170. The van der Waals surface area contributed by atoms with Gasteiger partial charge in [0.1, 0.15) is 5.56 Å². The molecule has 7 heteroatoms. The van der Waals surface area contributed by atoms with E-state index in [0.717, 1.165) is 15.8 Å². The molecule has 3 aromatic rings. The van der Waals surface area contributed by atoms with E-state index in [1.807, 2.05) is 69.2 Å². The van der Waals surface area contributed by atoms with Gasteiger partial charge in [0.2, 0.25) is 5.88 Å². The second kappa shape index (κ2) is 8.18. The fourth-order valence-corrected chi connectivity index (χ4v) is 3.03. The van der Waals surface area contributed by atoms with E-state index in [-0.39, 0.29) is 5.56 Å². The number of anilines is 1. The fourth-order valence-electron chi connectivity index (χ4n) is 3.03. The van der Waals surface area contributed by atoms with E-state index < -0.39 is 17.1 Å². The predicted octanol–water partition coefficient (Wildman–Crippen LogP) is 3.14. The molecular formula is C22H24N4O3. The van der Waals surface area contributed by atoms with Crippen LogP contribution in [0.2, 0.25) is 0 Å². The highest BCUT2D eigenvalue weighted by atomic mass is 16.3. The number of aromatic hydroxyl groups is 1. The maximum Gasteiger partial charge on any atom is 0.335 e. The molecule has 150 valence electrons. The Morgan fingerprint density at radius 3 is 2.45 bits per heavy atom. The largest absolute Gasteiger partial charge is 0.493 e. The van der Waals surface area contributed by atoms with Gasteiger partial charge < -0.3 is 10.0 Å². The number of rotatable bonds is 5. The highest BCUT2D eigenvalue weighted by Gasteiger charge is 2.19. The van der Waals surface area contributed by atoms with Crippen LogP contribution in [0.1, 0.15) is 24.5 Å². The van der Waals surface area contributed by atoms with Crippen molar-refractivity contribution in [2.75, 3.05) is 19.0 Å². The summed E-state index contributed by atoms with van der Waals surface area (Å²) in [4.78, 5) is 33.8. The smallest absolute Gasteiger partial charge is 0.335 e. The van der Waals surface area contributed by atoms with Gasteiger partial charge in [0.05, 0.1) is 17.1 Å². The third-order valence-corrected chi connectivity index (χ3v) is 4.61. The topological polar surface area (TPSA) is 90.7 Å². The van der Waals surface area contributed by atoms with E-state index in [0.29, 0.717) is 23.5 Å². The van der Waals surface area contributed by atoms with Gasteiger partial charge in [-0.3, -0.25) is 14.8 Å². The molecule has 0 atom stereocenters. The average Bonchev–Trinajstić information content (AvgIpc) is 2.68. The van der Waals surface area contributed by atoms with Gasteiger partial charge >= 0.3 is 5.69 Å². The summed E-state index contributed by atoms with van der Waals surface area (Å²) in [5.74, 6) is -0.424. The van der Waals surface area contributed by atoms with Gasteiger partial charge in [-0.2, -0.15) is 0 Å². The third kappa shape index (κ3) is 4.13. The minimum absolute atomic E-state index is 0.0112. The lowest BCUT2D eigenvalue weighted by atomic mass is 10.1. The number of H-pyrrole nitrogens is 1. The van der Waals surface area contributed by atoms with E-state index in [2.05, 4.69) is 9.98 Å². The molecule has 0 unspecified atom stereocenters. The Morgan fingerprint density at radius 2 is 1.83 bits per heavy atom. The molecule has 0 radical (unpaired) electrons. The fraction of sp³-hybridized carbons (Fsp3) is 0.227. The summed E-state index contributed by atoms with van der Waals surface area (Å²) in [5, 5.41) is 10.8. The summed E-state index contributed by atoms with van der Waals surface area (Å²) in [7, 11) is 3.86. The number of aryl methyl sites for hydroxylation is 1. The minimum Gasteiger partial charge on any atom is -0.493 e. The molecule has 29 heavy (non-hydrogen) atoms. The summed E-state index contributed by atoms with van der Waals surface area (Å²) < 4.78 is 1.08. The molecule has 0 saturated heterocycles. The third-order valence-electron chi connectivity index (χ3n) is 4.61. The Labute approximate surface area is 168 Å². The van der Waals surface area contributed by atoms with Crippen molar-refractivity contribution in [3.63, 3.8) is 0 Å². The summed E-state index contributed by atoms with van der Waals surface area (Å²) in [5.41, 5.74) is 2.10. The van der Waals surface area contributed by atoms with E-state index >= 15 is 0 Å². The summed E-state index contributed by atoms with van der Waals surface area (Å²) in [6.45, 7) is 3.77. The Morgan fingerprint density at radius 1 is 1.14 bits per heavy atom. The average molecular weight is 392 g/mol. The van der Waals surface area contributed by atoms with E-state index in [9.17, 15) is 14.7 Å². The molecule has 1 heterocycles. The zero-order chi connectivity index (χ0) is 21.1. The van der Waals surface area contributed by atoms with E-state index in [1.54, 1.807) is 12.1 Å². The Hall–Kier alpha value is -3.61. The number of aromatic nitrogens is 2. The normalized spacial score (nSPS) is 11.5. The van der Waals surface area contributed by atoms with Crippen molar-refractivity contribution in [1.29, 1.82) is 0 Å². The Balaban J connectivity index is 2.20. The highest BCUT2D eigenvalue weighted by molar-refractivity contribution is 6.03. The van der Waals surface area contributed by atoms with Gasteiger partial charge in [0, 0.05) is 19.8 Å². The number of aliphatic imine (C=N–C) groups is 1. The molecular weight excluding hydrogens is 368 g/mol. The molecule has 7 nitrogen and oxygen atoms in total. The number of benzene rings is 2.